The van der Waals surface area contributed by atoms with Crippen LogP contribution in [0.2, 0.25) is 0 Å². The molecule has 0 radical (unpaired) electrons. The molecule has 0 aliphatic carbocycles. The third-order valence-corrected chi connectivity index (χ3v) is 4.31. The van der Waals surface area contributed by atoms with Crippen molar-refractivity contribution in [1.82, 2.24) is 10.2 Å². The number of likely N-dealkylation sites (tertiary alicyclic amines) is 1. The summed E-state index contributed by atoms with van der Waals surface area (Å²) in [6.45, 7) is 2.60. The molecule has 23 heavy (non-hydrogen) atoms. The van der Waals surface area contributed by atoms with Crippen LogP contribution in [0.15, 0.2) is 24.3 Å². The van der Waals surface area contributed by atoms with Gasteiger partial charge in [-0.1, -0.05) is 18.2 Å². The lowest BCUT2D eigenvalue weighted by Gasteiger charge is -2.37. The lowest BCUT2D eigenvalue weighted by molar-refractivity contribution is -0.137. The van der Waals surface area contributed by atoms with Crippen LogP contribution in [0.25, 0.3) is 0 Å². The summed E-state index contributed by atoms with van der Waals surface area (Å²) in [5.74, 6) is -0.606. The lowest BCUT2D eigenvalue weighted by atomic mass is 9.92. The van der Waals surface area contributed by atoms with E-state index in [0.717, 1.165) is 12.8 Å². The summed E-state index contributed by atoms with van der Waals surface area (Å²) < 4.78 is 18.8. The van der Waals surface area contributed by atoms with Crippen molar-refractivity contribution in [2.24, 2.45) is 0 Å². The molecule has 0 unspecified atom stereocenters. The lowest BCUT2D eigenvalue weighted by Crippen LogP contribution is -2.52. The zero-order valence-corrected chi connectivity index (χ0v) is 13.6. The Kier molecular flexibility index (Phi) is 5.71. The topological polar surface area (TPSA) is 58.6 Å². The first-order chi connectivity index (χ1) is 11.0. The monoisotopic (exact) mass is 322 g/mol. The van der Waals surface area contributed by atoms with Gasteiger partial charge in [0.15, 0.2) is 0 Å². The molecular formula is C17H23FN2O3. The highest BCUT2D eigenvalue weighted by Gasteiger charge is 2.44. The third-order valence-electron chi connectivity index (χ3n) is 4.31. The van der Waals surface area contributed by atoms with E-state index in [2.05, 4.69) is 5.32 Å². The fourth-order valence-electron chi connectivity index (χ4n) is 3.28. The fourth-order valence-corrected chi connectivity index (χ4v) is 3.28. The van der Waals surface area contributed by atoms with Crippen molar-refractivity contribution in [2.75, 3.05) is 20.3 Å². The first kappa shape index (κ1) is 17.4. The molecule has 2 amide bonds. The van der Waals surface area contributed by atoms with Crippen LogP contribution in [0.4, 0.5) is 4.39 Å². The number of carbonyl (C=O) groups is 2. The van der Waals surface area contributed by atoms with Gasteiger partial charge < -0.3 is 15.0 Å². The van der Waals surface area contributed by atoms with Gasteiger partial charge in [-0.25, -0.2) is 4.39 Å². The van der Waals surface area contributed by atoms with E-state index in [1.54, 1.807) is 30.2 Å². The average molecular weight is 322 g/mol. The van der Waals surface area contributed by atoms with Crippen molar-refractivity contribution in [3.05, 3.63) is 35.6 Å². The Labute approximate surface area is 135 Å². The highest BCUT2D eigenvalue weighted by molar-refractivity contribution is 5.80. The van der Waals surface area contributed by atoms with E-state index in [4.69, 9.17) is 4.74 Å². The number of methoxy groups -OCH3 is 1. The van der Waals surface area contributed by atoms with Gasteiger partial charge in [0.1, 0.15) is 5.82 Å². The van der Waals surface area contributed by atoms with Gasteiger partial charge >= 0.3 is 0 Å². The number of hydrogen-bond donors (Lipinski definition) is 1. The van der Waals surface area contributed by atoms with Crippen LogP contribution in [0.1, 0.15) is 31.7 Å². The van der Waals surface area contributed by atoms with Crippen LogP contribution in [-0.4, -0.2) is 42.5 Å². The first-order valence-corrected chi connectivity index (χ1v) is 7.76. The number of hydrogen-bond acceptors (Lipinski definition) is 3. The zero-order chi connectivity index (χ0) is 16.9. The maximum atomic E-state index is 13.6. The van der Waals surface area contributed by atoms with Crippen LogP contribution in [0.5, 0.6) is 0 Å². The molecule has 1 aromatic rings. The van der Waals surface area contributed by atoms with E-state index in [9.17, 15) is 14.0 Å². The molecule has 1 heterocycles. The van der Waals surface area contributed by atoms with Gasteiger partial charge in [0, 0.05) is 32.7 Å². The van der Waals surface area contributed by atoms with Crippen LogP contribution in [0, 0.1) is 5.82 Å². The molecule has 1 fully saturated rings. The maximum Gasteiger partial charge on any atom is 0.222 e. The molecule has 0 aromatic heterocycles. The number of benzene rings is 1. The molecule has 1 aromatic carbocycles. The van der Waals surface area contributed by atoms with Crippen LogP contribution in [-0.2, 0) is 20.9 Å². The number of carbonyl (C=O) groups excluding carboxylic acids is 2. The second-order valence-electron chi connectivity index (χ2n) is 5.98. The molecule has 0 spiro atoms. The Bertz CT molecular complexity index is 579. The number of rotatable bonds is 6. The minimum absolute atomic E-state index is 0.0542. The highest BCUT2D eigenvalue weighted by Crippen LogP contribution is 2.33. The largest absolute Gasteiger partial charge is 0.382 e. The Morgan fingerprint density at radius 2 is 2.13 bits per heavy atom. The Morgan fingerprint density at radius 3 is 2.78 bits per heavy atom. The second-order valence-corrected chi connectivity index (χ2v) is 5.98. The average Bonchev–Trinajstić information content (AvgIpc) is 2.90. The molecule has 0 saturated carbocycles. The van der Waals surface area contributed by atoms with Crippen molar-refractivity contribution in [3.63, 3.8) is 0 Å². The Hall–Kier alpha value is -1.95. The van der Waals surface area contributed by atoms with E-state index in [1.807, 2.05) is 0 Å². The minimum atomic E-state index is -0.597. The normalized spacial score (nSPS) is 20.6. The van der Waals surface area contributed by atoms with Crippen LogP contribution >= 0.6 is 0 Å². The summed E-state index contributed by atoms with van der Waals surface area (Å²) in [4.78, 5) is 25.9. The summed E-state index contributed by atoms with van der Waals surface area (Å²) >= 11 is 0. The van der Waals surface area contributed by atoms with E-state index >= 15 is 0 Å². The Balaban J connectivity index is 2.01. The van der Waals surface area contributed by atoms with E-state index in [-0.39, 0.29) is 30.6 Å². The molecular weight excluding hydrogens is 299 g/mol. The molecule has 6 heteroatoms. The predicted molar refractivity (Wildman–Crippen MR) is 84.1 cm³/mol. The van der Waals surface area contributed by atoms with E-state index < -0.39 is 5.54 Å². The molecule has 1 atom stereocenters. The molecule has 0 bridgehead atoms. The van der Waals surface area contributed by atoms with Gasteiger partial charge in [-0.2, -0.15) is 0 Å². The molecule has 126 valence electrons. The number of halogens is 1. The first-order valence-electron chi connectivity index (χ1n) is 7.76. The highest BCUT2D eigenvalue weighted by atomic mass is 19.1. The quantitative estimate of drug-likeness (QED) is 0.870. The molecule has 5 nitrogen and oxygen atoms in total. The summed E-state index contributed by atoms with van der Waals surface area (Å²) in [6.07, 6.45) is 1.74. The van der Waals surface area contributed by atoms with Gasteiger partial charge in [0.25, 0.3) is 0 Å². The summed E-state index contributed by atoms with van der Waals surface area (Å²) in [5, 5.41) is 2.74. The van der Waals surface area contributed by atoms with Gasteiger partial charge in [-0.3, -0.25) is 9.59 Å². The van der Waals surface area contributed by atoms with Gasteiger partial charge in [0.05, 0.1) is 18.6 Å². The third kappa shape index (κ3) is 4.07. The molecule has 1 N–H and O–H groups in total. The summed E-state index contributed by atoms with van der Waals surface area (Å²) in [5.41, 5.74) is -0.156. The molecule has 1 aliphatic rings. The molecule has 1 saturated heterocycles. The standard InChI is InChI=1S/C17H23FN2O3/c1-13(21)20-9-5-8-17(20,12-23-2)10-16(22)19-11-14-6-3-4-7-15(14)18/h3-4,6-7H,5,8-12H2,1-2H3,(H,19,22)/t17-/m0/s1. The van der Waals surface area contributed by atoms with Crippen molar-refractivity contribution >= 4 is 11.8 Å². The fraction of sp³-hybridized carbons (Fsp3) is 0.529. The number of ether oxygens (including phenoxy) is 1. The second kappa shape index (κ2) is 7.55. The van der Waals surface area contributed by atoms with Crippen molar-refractivity contribution in [2.45, 2.75) is 38.3 Å². The molecule has 1 aliphatic heterocycles. The van der Waals surface area contributed by atoms with Crippen molar-refractivity contribution in [3.8, 4) is 0 Å². The van der Waals surface area contributed by atoms with Crippen molar-refractivity contribution in [1.29, 1.82) is 0 Å². The smallest absolute Gasteiger partial charge is 0.222 e. The SMILES string of the molecule is COC[C@@]1(CC(=O)NCc2ccccc2F)CCCN1C(C)=O. The number of nitrogens with one attached hydrogen (secondary N) is 1. The van der Waals surface area contributed by atoms with E-state index in [1.165, 1.54) is 13.0 Å². The van der Waals surface area contributed by atoms with Gasteiger partial charge in [-0.15, -0.1) is 0 Å². The zero-order valence-electron chi connectivity index (χ0n) is 13.6. The molecule has 2 rings (SSSR count). The predicted octanol–water partition coefficient (Wildman–Crippen LogP) is 1.86. The van der Waals surface area contributed by atoms with Crippen molar-refractivity contribution < 1.29 is 18.7 Å². The number of nitrogens with zero attached hydrogens (tertiary/aromatic N) is 1. The summed E-state index contributed by atoms with van der Waals surface area (Å²) in [7, 11) is 1.57. The number of amides is 2. The van der Waals surface area contributed by atoms with Gasteiger partial charge in [0.2, 0.25) is 11.8 Å². The van der Waals surface area contributed by atoms with Crippen LogP contribution in [0.3, 0.4) is 0 Å². The van der Waals surface area contributed by atoms with Gasteiger partial charge in [-0.05, 0) is 18.9 Å². The minimum Gasteiger partial charge on any atom is -0.382 e. The summed E-state index contributed by atoms with van der Waals surface area (Å²) in [6, 6.07) is 6.34. The maximum absolute atomic E-state index is 13.6. The van der Waals surface area contributed by atoms with E-state index in [0.29, 0.717) is 18.7 Å². The van der Waals surface area contributed by atoms with Crippen LogP contribution < -0.4 is 5.32 Å². The Morgan fingerprint density at radius 1 is 1.39 bits per heavy atom.